The molecule has 1 heterocycles. The van der Waals surface area contributed by atoms with E-state index in [9.17, 15) is 14.3 Å². The molecular formula is C17H22FN3O2. The number of nitrogens with one attached hydrogen (secondary N) is 2. The van der Waals surface area contributed by atoms with E-state index in [-0.39, 0.29) is 23.9 Å². The number of aromatic amines is 1. The molecule has 0 unspecified atom stereocenters. The highest BCUT2D eigenvalue weighted by Gasteiger charge is 2.19. The molecule has 6 heteroatoms. The van der Waals surface area contributed by atoms with E-state index in [1.165, 1.54) is 12.1 Å². The highest BCUT2D eigenvalue weighted by atomic mass is 19.1. The minimum Gasteiger partial charge on any atom is -0.386 e. The van der Waals surface area contributed by atoms with Crippen molar-refractivity contribution in [1.82, 2.24) is 15.5 Å². The van der Waals surface area contributed by atoms with E-state index in [2.05, 4.69) is 15.5 Å². The van der Waals surface area contributed by atoms with Crippen molar-refractivity contribution in [2.24, 2.45) is 5.92 Å². The molecule has 1 amide bonds. The molecule has 0 aliphatic heterocycles. The van der Waals surface area contributed by atoms with Crippen molar-refractivity contribution in [3.05, 3.63) is 52.6 Å². The summed E-state index contributed by atoms with van der Waals surface area (Å²) in [6.07, 6.45) is -0.500. The van der Waals surface area contributed by atoms with Gasteiger partial charge >= 0.3 is 0 Å². The van der Waals surface area contributed by atoms with Gasteiger partial charge in [-0.3, -0.25) is 9.89 Å². The second kappa shape index (κ2) is 7.37. The Kier molecular flexibility index (Phi) is 5.50. The number of nitrogens with zero attached hydrogens (tertiary/aromatic N) is 1. The number of aliphatic hydroxyl groups excluding tert-OH is 1. The quantitative estimate of drug-likeness (QED) is 0.764. The zero-order chi connectivity index (χ0) is 17.0. The van der Waals surface area contributed by atoms with Crippen LogP contribution in [0.15, 0.2) is 24.3 Å². The van der Waals surface area contributed by atoms with Gasteiger partial charge in [0.05, 0.1) is 11.8 Å². The summed E-state index contributed by atoms with van der Waals surface area (Å²) in [6.45, 7) is 5.61. The molecule has 2 rings (SSSR count). The second-order valence-electron chi connectivity index (χ2n) is 5.80. The molecule has 0 aliphatic carbocycles. The minimum atomic E-state index is -1.07. The molecule has 0 aliphatic rings. The van der Waals surface area contributed by atoms with Gasteiger partial charge in [-0.2, -0.15) is 5.10 Å². The van der Waals surface area contributed by atoms with Crippen molar-refractivity contribution in [2.45, 2.75) is 33.3 Å². The van der Waals surface area contributed by atoms with E-state index in [0.29, 0.717) is 6.42 Å². The number of rotatable bonds is 6. The second-order valence-corrected chi connectivity index (χ2v) is 5.80. The zero-order valence-corrected chi connectivity index (χ0v) is 13.6. The molecule has 0 fully saturated rings. The van der Waals surface area contributed by atoms with Gasteiger partial charge in [-0.25, -0.2) is 4.39 Å². The van der Waals surface area contributed by atoms with E-state index in [0.717, 1.165) is 17.0 Å². The van der Waals surface area contributed by atoms with Crippen molar-refractivity contribution in [3.63, 3.8) is 0 Å². The number of aliphatic hydroxyl groups is 1. The molecule has 2 atom stereocenters. The molecule has 5 nitrogen and oxygen atoms in total. The maximum Gasteiger partial charge on any atom is 0.223 e. The normalized spacial score (nSPS) is 13.6. The number of aromatic nitrogens is 2. The Morgan fingerprint density at radius 2 is 2.09 bits per heavy atom. The first-order valence-corrected chi connectivity index (χ1v) is 7.60. The number of aryl methyl sites for hydroxylation is 2. The number of halogens is 1. The Labute approximate surface area is 134 Å². The Balaban J connectivity index is 1.90. The number of benzene rings is 1. The summed E-state index contributed by atoms with van der Waals surface area (Å²) in [5.74, 6) is -0.926. The molecule has 0 saturated heterocycles. The molecule has 1 aromatic carbocycles. The van der Waals surface area contributed by atoms with Crippen molar-refractivity contribution in [1.29, 1.82) is 0 Å². The van der Waals surface area contributed by atoms with Crippen molar-refractivity contribution >= 4 is 5.91 Å². The number of amides is 1. The molecule has 124 valence electrons. The molecule has 0 saturated carbocycles. The Hall–Kier alpha value is -2.21. The molecule has 0 spiro atoms. The summed E-state index contributed by atoms with van der Waals surface area (Å²) in [5.41, 5.74) is 3.05. The molecule has 0 bridgehead atoms. The zero-order valence-electron chi connectivity index (χ0n) is 13.6. The highest BCUT2D eigenvalue weighted by Crippen LogP contribution is 2.17. The average molecular weight is 319 g/mol. The van der Waals surface area contributed by atoms with Gasteiger partial charge in [0.2, 0.25) is 5.91 Å². The fourth-order valence-corrected chi connectivity index (χ4v) is 2.50. The number of hydrogen-bond acceptors (Lipinski definition) is 3. The molecule has 3 N–H and O–H groups in total. The first-order chi connectivity index (χ1) is 10.9. The molecular weight excluding hydrogens is 297 g/mol. The van der Waals surface area contributed by atoms with Gasteiger partial charge in [-0.1, -0.05) is 25.1 Å². The van der Waals surface area contributed by atoms with Gasteiger partial charge in [0.15, 0.2) is 0 Å². The minimum absolute atomic E-state index is 0.0204. The standard InChI is InChI=1S/C17H22FN3O2/c1-10(8-14-11(2)20-21-12(14)3)17(23)19-9-16(22)13-6-4-5-7-15(13)18/h4-7,10,16,22H,8-9H2,1-3H3,(H,19,23)(H,20,21)/t10-,16-/m0/s1. The number of hydrogen-bond donors (Lipinski definition) is 3. The van der Waals surface area contributed by atoms with E-state index in [4.69, 9.17) is 0 Å². The number of H-pyrrole nitrogens is 1. The van der Waals surface area contributed by atoms with E-state index >= 15 is 0 Å². The lowest BCUT2D eigenvalue weighted by molar-refractivity contribution is -0.124. The summed E-state index contributed by atoms with van der Waals surface area (Å²) >= 11 is 0. The van der Waals surface area contributed by atoms with Gasteiger partial charge in [0.1, 0.15) is 5.82 Å². The summed E-state index contributed by atoms with van der Waals surface area (Å²) < 4.78 is 13.6. The Morgan fingerprint density at radius 1 is 1.39 bits per heavy atom. The summed E-state index contributed by atoms with van der Waals surface area (Å²) in [6, 6.07) is 6.00. The maximum atomic E-state index is 13.6. The van der Waals surface area contributed by atoms with Crippen molar-refractivity contribution in [3.8, 4) is 0 Å². The molecule has 23 heavy (non-hydrogen) atoms. The third-order valence-corrected chi connectivity index (χ3v) is 3.97. The van der Waals surface area contributed by atoms with Gasteiger partial charge in [0.25, 0.3) is 0 Å². The number of carbonyl (C=O) groups is 1. The van der Waals surface area contributed by atoms with E-state index in [1.807, 2.05) is 20.8 Å². The van der Waals surface area contributed by atoms with Crippen LogP contribution in [0.4, 0.5) is 4.39 Å². The smallest absolute Gasteiger partial charge is 0.223 e. The van der Waals surface area contributed by atoms with Crippen LogP contribution >= 0.6 is 0 Å². The van der Waals surface area contributed by atoms with Crippen LogP contribution in [0.2, 0.25) is 0 Å². The summed E-state index contributed by atoms with van der Waals surface area (Å²) in [7, 11) is 0. The predicted molar refractivity (Wildman–Crippen MR) is 85.3 cm³/mol. The maximum absolute atomic E-state index is 13.6. The fourth-order valence-electron chi connectivity index (χ4n) is 2.50. The number of carbonyl (C=O) groups excluding carboxylic acids is 1. The molecule has 0 radical (unpaired) electrons. The topological polar surface area (TPSA) is 78.0 Å². The van der Waals surface area contributed by atoms with E-state index in [1.54, 1.807) is 12.1 Å². The van der Waals surface area contributed by atoms with Crippen LogP contribution in [-0.2, 0) is 11.2 Å². The lowest BCUT2D eigenvalue weighted by atomic mass is 9.99. The first-order valence-electron chi connectivity index (χ1n) is 7.60. The van der Waals surface area contributed by atoms with Gasteiger partial charge in [-0.15, -0.1) is 0 Å². The highest BCUT2D eigenvalue weighted by molar-refractivity contribution is 5.78. The molecule has 2 aromatic rings. The van der Waals surface area contributed by atoms with Crippen LogP contribution in [-0.4, -0.2) is 27.8 Å². The van der Waals surface area contributed by atoms with Crippen LogP contribution in [0.5, 0.6) is 0 Å². The largest absolute Gasteiger partial charge is 0.386 e. The predicted octanol–water partition coefficient (Wildman–Crippen LogP) is 2.19. The van der Waals surface area contributed by atoms with Gasteiger partial charge in [0, 0.05) is 23.7 Å². The van der Waals surface area contributed by atoms with Crippen molar-refractivity contribution in [2.75, 3.05) is 6.54 Å². The average Bonchev–Trinajstić information content (AvgIpc) is 2.84. The SMILES string of the molecule is Cc1n[nH]c(C)c1C[C@H](C)C(=O)NC[C@H](O)c1ccccc1F. The van der Waals surface area contributed by atoms with Crippen LogP contribution < -0.4 is 5.32 Å². The first kappa shape index (κ1) is 17.1. The van der Waals surface area contributed by atoms with Crippen LogP contribution in [0.25, 0.3) is 0 Å². The van der Waals surface area contributed by atoms with Crippen LogP contribution in [0.3, 0.4) is 0 Å². The molecule has 1 aromatic heterocycles. The third kappa shape index (κ3) is 4.16. The van der Waals surface area contributed by atoms with Gasteiger partial charge in [-0.05, 0) is 31.9 Å². The lowest BCUT2D eigenvalue weighted by Gasteiger charge is -2.16. The Morgan fingerprint density at radius 3 is 2.70 bits per heavy atom. The third-order valence-electron chi connectivity index (χ3n) is 3.97. The van der Waals surface area contributed by atoms with E-state index < -0.39 is 11.9 Å². The summed E-state index contributed by atoms with van der Waals surface area (Å²) in [4.78, 5) is 12.2. The van der Waals surface area contributed by atoms with Crippen LogP contribution in [0, 0.1) is 25.6 Å². The Bertz CT molecular complexity index is 665. The van der Waals surface area contributed by atoms with Crippen molar-refractivity contribution < 1.29 is 14.3 Å². The van der Waals surface area contributed by atoms with Gasteiger partial charge < -0.3 is 10.4 Å². The fraction of sp³-hybridized carbons (Fsp3) is 0.412. The lowest BCUT2D eigenvalue weighted by Crippen LogP contribution is -2.33. The monoisotopic (exact) mass is 319 g/mol. The van der Waals surface area contributed by atoms with Crippen LogP contribution in [0.1, 0.15) is 35.5 Å². The summed E-state index contributed by atoms with van der Waals surface area (Å²) in [5, 5.41) is 19.7.